The fourth-order valence-electron chi connectivity index (χ4n) is 2.27. The van der Waals surface area contributed by atoms with Crippen molar-refractivity contribution in [3.05, 3.63) is 71.7 Å². The summed E-state index contributed by atoms with van der Waals surface area (Å²) in [7, 11) is 1.51. The standard InChI is InChI=1S/C19H14F4N2OS/c1-26-15-8-4-13(5-9-15)16-10-17(19(21,22)23)25-18(24-16)27-11-12-2-6-14(20)7-3-12/h2-10H,11H2,1H3. The van der Waals surface area contributed by atoms with Crippen LogP contribution < -0.4 is 4.74 Å². The van der Waals surface area contributed by atoms with E-state index in [4.69, 9.17) is 4.74 Å². The van der Waals surface area contributed by atoms with Crippen molar-refractivity contribution in [2.24, 2.45) is 0 Å². The summed E-state index contributed by atoms with van der Waals surface area (Å²) < 4.78 is 57.7. The first-order valence-electron chi connectivity index (χ1n) is 7.83. The Morgan fingerprint density at radius 3 is 2.22 bits per heavy atom. The van der Waals surface area contributed by atoms with Gasteiger partial charge in [0.1, 0.15) is 17.3 Å². The number of nitrogens with zero attached hydrogens (tertiary/aromatic N) is 2. The fraction of sp³-hybridized carbons (Fsp3) is 0.158. The van der Waals surface area contributed by atoms with Crippen molar-refractivity contribution >= 4 is 11.8 Å². The van der Waals surface area contributed by atoms with Crippen molar-refractivity contribution in [2.45, 2.75) is 17.1 Å². The van der Waals surface area contributed by atoms with E-state index in [-0.39, 0.29) is 16.7 Å². The molecule has 0 radical (unpaired) electrons. The van der Waals surface area contributed by atoms with Crippen molar-refractivity contribution in [3.63, 3.8) is 0 Å². The first-order valence-corrected chi connectivity index (χ1v) is 8.81. The summed E-state index contributed by atoms with van der Waals surface area (Å²) in [6.07, 6.45) is -4.59. The molecule has 3 nitrogen and oxygen atoms in total. The molecule has 3 aromatic rings. The molecule has 27 heavy (non-hydrogen) atoms. The molecule has 0 aliphatic heterocycles. The molecule has 140 valence electrons. The molecule has 0 N–H and O–H groups in total. The van der Waals surface area contributed by atoms with Gasteiger partial charge in [0, 0.05) is 11.3 Å². The van der Waals surface area contributed by atoms with Crippen molar-refractivity contribution in [1.29, 1.82) is 0 Å². The Labute approximate surface area is 157 Å². The highest BCUT2D eigenvalue weighted by atomic mass is 32.2. The van der Waals surface area contributed by atoms with E-state index in [1.807, 2.05) is 0 Å². The average Bonchev–Trinajstić information content (AvgIpc) is 2.67. The molecule has 0 amide bonds. The van der Waals surface area contributed by atoms with Gasteiger partial charge in [0.2, 0.25) is 0 Å². The summed E-state index contributed by atoms with van der Waals surface area (Å²) in [4.78, 5) is 7.87. The Balaban J connectivity index is 1.91. The van der Waals surface area contributed by atoms with Gasteiger partial charge in [-0.2, -0.15) is 13.2 Å². The highest BCUT2D eigenvalue weighted by molar-refractivity contribution is 7.98. The first-order chi connectivity index (χ1) is 12.8. The molecule has 0 aliphatic rings. The van der Waals surface area contributed by atoms with Crippen LogP contribution in [0.25, 0.3) is 11.3 Å². The number of methoxy groups -OCH3 is 1. The Bertz CT molecular complexity index is 912. The van der Waals surface area contributed by atoms with Gasteiger partial charge >= 0.3 is 6.18 Å². The molecule has 0 fully saturated rings. The number of aromatic nitrogens is 2. The molecule has 0 spiro atoms. The van der Waals surface area contributed by atoms with Crippen LogP contribution in [-0.4, -0.2) is 17.1 Å². The molecule has 1 heterocycles. The maximum atomic E-state index is 13.2. The van der Waals surface area contributed by atoms with Gasteiger partial charge in [-0.1, -0.05) is 23.9 Å². The number of hydrogen-bond donors (Lipinski definition) is 0. The Kier molecular flexibility index (Phi) is 5.65. The summed E-state index contributed by atoms with van der Waals surface area (Å²) in [5, 5.41) is -0.0000296. The van der Waals surface area contributed by atoms with E-state index in [1.165, 1.54) is 19.2 Å². The lowest BCUT2D eigenvalue weighted by Gasteiger charge is -2.11. The zero-order valence-electron chi connectivity index (χ0n) is 14.1. The predicted octanol–water partition coefficient (Wildman–Crippen LogP) is 5.60. The molecule has 0 atom stereocenters. The molecule has 8 heteroatoms. The maximum absolute atomic E-state index is 13.2. The van der Waals surface area contributed by atoms with Crippen LogP contribution in [0.4, 0.5) is 17.6 Å². The topological polar surface area (TPSA) is 35.0 Å². The van der Waals surface area contributed by atoms with Gasteiger partial charge < -0.3 is 4.74 Å². The number of thioether (sulfide) groups is 1. The average molecular weight is 394 g/mol. The monoisotopic (exact) mass is 394 g/mol. The van der Waals surface area contributed by atoms with Gasteiger partial charge in [-0.25, -0.2) is 14.4 Å². The number of alkyl halides is 3. The van der Waals surface area contributed by atoms with E-state index in [1.54, 1.807) is 36.4 Å². The number of ether oxygens (including phenoxy) is 1. The van der Waals surface area contributed by atoms with Crippen molar-refractivity contribution in [1.82, 2.24) is 9.97 Å². The van der Waals surface area contributed by atoms with Crippen LogP contribution in [0.1, 0.15) is 11.3 Å². The zero-order valence-corrected chi connectivity index (χ0v) is 14.9. The number of hydrogen-bond acceptors (Lipinski definition) is 4. The molecule has 0 saturated carbocycles. The Morgan fingerprint density at radius 2 is 1.63 bits per heavy atom. The third kappa shape index (κ3) is 4.97. The highest BCUT2D eigenvalue weighted by Gasteiger charge is 2.33. The van der Waals surface area contributed by atoms with Gasteiger partial charge in [-0.15, -0.1) is 0 Å². The SMILES string of the molecule is COc1ccc(-c2cc(C(F)(F)F)nc(SCc3ccc(F)cc3)n2)cc1. The van der Waals surface area contributed by atoms with Crippen LogP contribution in [0.15, 0.2) is 59.8 Å². The fourth-order valence-corrected chi connectivity index (χ4v) is 3.09. The van der Waals surface area contributed by atoms with E-state index >= 15 is 0 Å². The maximum Gasteiger partial charge on any atom is 0.433 e. The highest BCUT2D eigenvalue weighted by Crippen LogP contribution is 2.33. The number of rotatable bonds is 5. The Hall–Kier alpha value is -2.61. The number of benzene rings is 2. The normalized spacial score (nSPS) is 11.4. The molecule has 0 bridgehead atoms. The first kappa shape index (κ1) is 19.2. The summed E-state index contributed by atoms with van der Waals surface area (Å²) in [6, 6.07) is 13.2. The molecule has 1 aromatic heterocycles. The molecular formula is C19H14F4N2OS. The van der Waals surface area contributed by atoms with Gasteiger partial charge in [-0.3, -0.25) is 0 Å². The predicted molar refractivity (Wildman–Crippen MR) is 95.0 cm³/mol. The summed E-state index contributed by atoms with van der Waals surface area (Å²) in [6.45, 7) is 0. The van der Waals surface area contributed by atoms with Crippen molar-refractivity contribution < 1.29 is 22.3 Å². The van der Waals surface area contributed by atoms with Crippen molar-refractivity contribution in [2.75, 3.05) is 7.11 Å². The summed E-state index contributed by atoms with van der Waals surface area (Å²) >= 11 is 1.06. The van der Waals surface area contributed by atoms with Crippen LogP contribution in [0.5, 0.6) is 5.75 Å². The second-order valence-electron chi connectivity index (χ2n) is 5.56. The van der Waals surface area contributed by atoms with Gasteiger partial charge in [0.15, 0.2) is 5.16 Å². The second-order valence-corrected chi connectivity index (χ2v) is 6.50. The van der Waals surface area contributed by atoms with Crippen LogP contribution in [0.2, 0.25) is 0 Å². The third-order valence-electron chi connectivity index (χ3n) is 3.66. The quantitative estimate of drug-likeness (QED) is 0.320. The lowest BCUT2D eigenvalue weighted by Crippen LogP contribution is -2.10. The lowest BCUT2D eigenvalue weighted by atomic mass is 10.1. The molecule has 0 aliphatic carbocycles. The van der Waals surface area contributed by atoms with Gasteiger partial charge in [0.05, 0.1) is 12.8 Å². The lowest BCUT2D eigenvalue weighted by molar-refractivity contribution is -0.141. The van der Waals surface area contributed by atoms with Crippen LogP contribution in [-0.2, 0) is 11.9 Å². The van der Waals surface area contributed by atoms with Gasteiger partial charge in [-0.05, 0) is 48.0 Å². The summed E-state index contributed by atoms with van der Waals surface area (Å²) in [5.74, 6) is 0.541. The molecule has 0 saturated heterocycles. The Morgan fingerprint density at radius 1 is 0.963 bits per heavy atom. The molecule has 2 aromatic carbocycles. The molecular weight excluding hydrogens is 380 g/mol. The molecule has 0 unspecified atom stereocenters. The largest absolute Gasteiger partial charge is 0.497 e. The summed E-state index contributed by atoms with van der Waals surface area (Å²) in [5.41, 5.74) is 0.437. The van der Waals surface area contributed by atoms with E-state index in [0.717, 1.165) is 23.4 Å². The smallest absolute Gasteiger partial charge is 0.433 e. The molecule has 3 rings (SSSR count). The van der Waals surface area contributed by atoms with E-state index in [9.17, 15) is 17.6 Å². The minimum atomic E-state index is -4.59. The van der Waals surface area contributed by atoms with Gasteiger partial charge in [0.25, 0.3) is 0 Å². The number of halogens is 4. The van der Waals surface area contributed by atoms with Crippen LogP contribution >= 0.6 is 11.8 Å². The van der Waals surface area contributed by atoms with E-state index < -0.39 is 11.9 Å². The van der Waals surface area contributed by atoms with Crippen LogP contribution in [0, 0.1) is 5.82 Å². The van der Waals surface area contributed by atoms with E-state index in [2.05, 4.69) is 9.97 Å². The minimum absolute atomic E-state index is 0.0000296. The van der Waals surface area contributed by atoms with Crippen molar-refractivity contribution in [3.8, 4) is 17.0 Å². The van der Waals surface area contributed by atoms with Crippen LogP contribution in [0.3, 0.4) is 0 Å². The third-order valence-corrected chi connectivity index (χ3v) is 4.58. The minimum Gasteiger partial charge on any atom is -0.497 e. The second kappa shape index (κ2) is 7.96. The zero-order chi connectivity index (χ0) is 19.4. The van der Waals surface area contributed by atoms with E-state index in [0.29, 0.717) is 17.1 Å².